The lowest BCUT2D eigenvalue weighted by molar-refractivity contribution is 0.225. The third-order valence-corrected chi connectivity index (χ3v) is 3.22. The van der Waals surface area contributed by atoms with E-state index >= 15 is 0 Å². The van der Waals surface area contributed by atoms with Crippen LogP contribution in [0.2, 0.25) is 0 Å². The molecule has 1 fully saturated rings. The molecule has 17 heavy (non-hydrogen) atoms. The normalized spacial score (nSPS) is 17.9. The number of rotatable bonds is 4. The number of nitrogens with zero attached hydrogens (tertiary/aromatic N) is 4. The summed E-state index contributed by atoms with van der Waals surface area (Å²) in [6.45, 7) is 9.71. The summed E-state index contributed by atoms with van der Waals surface area (Å²) in [6, 6.07) is 0. The summed E-state index contributed by atoms with van der Waals surface area (Å²) >= 11 is 0. The van der Waals surface area contributed by atoms with Gasteiger partial charge in [0.1, 0.15) is 11.6 Å². The standard InChI is InChI=1S/C12H23N5/c1-10(2)8-11-14-15-12(16(11)3)9-17-6-4-13-5-7-17/h10,13H,4-9H2,1-3H3. The number of piperazine rings is 1. The van der Waals surface area contributed by atoms with Gasteiger partial charge in [-0.1, -0.05) is 13.8 Å². The van der Waals surface area contributed by atoms with E-state index < -0.39 is 0 Å². The molecule has 1 N–H and O–H groups in total. The lowest BCUT2D eigenvalue weighted by Crippen LogP contribution is -2.43. The minimum absolute atomic E-state index is 0.630. The number of hydrogen-bond acceptors (Lipinski definition) is 4. The van der Waals surface area contributed by atoms with Gasteiger partial charge in [0.15, 0.2) is 0 Å². The quantitative estimate of drug-likeness (QED) is 0.824. The first-order valence-electron chi connectivity index (χ1n) is 6.47. The van der Waals surface area contributed by atoms with Gasteiger partial charge in [-0.25, -0.2) is 0 Å². The minimum atomic E-state index is 0.630. The predicted molar refractivity (Wildman–Crippen MR) is 67.7 cm³/mol. The van der Waals surface area contributed by atoms with Crippen molar-refractivity contribution in [2.45, 2.75) is 26.8 Å². The predicted octanol–water partition coefficient (Wildman–Crippen LogP) is 0.419. The molecule has 0 unspecified atom stereocenters. The summed E-state index contributed by atoms with van der Waals surface area (Å²) in [5.74, 6) is 2.82. The summed E-state index contributed by atoms with van der Waals surface area (Å²) < 4.78 is 2.15. The van der Waals surface area contributed by atoms with Gasteiger partial charge in [-0.3, -0.25) is 4.90 Å². The Kier molecular flexibility index (Phi) is 4.12. The molecule has 1 aliphatic heterocycles. The van der Waals surface area contributed by atoms with Crippen molar-refractivity contribution in [3.8, 4) is 0 Å². The fourth-order valence-corrected chi connectivity index (χ4v) is 2.15. The maximum atomic E-state index is 4.31. The fraction of sp³-hybridized carbons (Fsp3) is 0.833. The molecule has 0 aromatic carbocycles. The molecule has 0 bridgehead atoms. The summed E-state index contributed by atoms with van der Waals surface area (Å²) in [4.78, 5) is 2.43. The van der Waals surface area contributed by atoms with Crippen molar-refractivity contribution < 1.29 is 0 Å². The van der Waals surface area contributed by atoms with Crippen LogP contribution in [0.4, 0.5) is 0 Å². The minimum Gasteiger partial charge on any atom is -0.317 e. The largest absolute Gasteiger partial charge is 0.317 e. The van der Waals surface area contributed by atoms with Gasteiger partial charge in [0, 0.05) is 39.6 Å². The molecule has 1 aliphatic rings. The highest BCUT2D eigenvalue weighted by Gasteiger charge is 2.15. The van der Waals surface area contributed by atoms with Crippen LogP contribution in [-0.4, -0.2) is 45.8 Å². The molecule has 0 atom stereocenters. The third kappa shape index (κ3) is 3.26. The van der Waals surface area contributed by atoms with Gasteiger partial charge in [-0.05, 0) is 5.92 Å². The Labute approximate surface area is 103 Å². The van der Waals surface area contributed by atoms with Crippen LogP contribution >= 0.6 is 0 Å². The summed E-state index contributed by atoms with van der Waals surface area (Å²) in [7, 11) is 2.08. The van der Waals surface area contributed by atoms with Crippen molar-refractivity contribution in [1.82, 2.24) is 25.0 Å². The molecular formula is C12H23N5. The van der Waals surface area contributed by atoms with E-state index in [1.54, 1.807) is 0 Å². The van der Waals surface area contributed by atoms with Crippen LogP contribution in [-0.2, 0) is 20.0 Å². The second-order valence-electron chi connectivity index (χ2n) is 5.22. The second kappa shape index (κ2) is 5.60. The highest BCUT2D eigenvalue weighted by Crippen LogP contribution is 2.08. The van der Waals surface area contributed by atoms with Gasteiger partial charge >= 0.3 is 0 Å². The van der Waals surface area contributed by atoms with Crippen molar-refractivity contribution >= 4 is 0 Å². The van der Waals surface area contributed by atoms with Gasteiger partial charge in [0.2, 0.25) is 0 Å². The zero-order valence-corrected chi connectivity index (χ0v) is 11.1. The maximum absolute atomic E-state index is 4.31. The lowest BCUT2D eigenvalue weighted by Gasteiger charge is -2.26. The van der Waals surface area contributed by atoms with Gasteiger partial charge in [0.25, 0.3) is 0 Å². The Bertz CT molecular complexity index is 352. The van der Waals surface area contributed by atoms with E-state index in [2.05, 4.69) is 45.9 Å². The second-order valence-corrected chi connectivity index (χ2v) is 5.22. The van der Waals surface area contributed by atoms with Gasteiger partial charge in [-0.2, -0.15) is 0 Å². The maximum Gasteiger partial charge on any atom is 0.146 e. The molecule has 5 nitrogen and oxygen atoms in total. The van der Waals surface area contributed by atoms with Crippen LogP contribution in [0.5, 0.6) is 0 Å². The molecule has 2 heterocycles. The molecule has 96 valence electrons. The van der Waals surface area contributed by atoms with E-state index in [1.165, 1.54) is 0 Å². The molecule has 1 saturated heterocycles. The van der Waals surface area contributed by atoms with Crippen LogP contribution in [0.15, 0.2) is 0 Å². The van der Waals surface area contributed by atoms with E-state index in [0.717, 1.165) is 50.8 Å². The highest BCUT2D eigenvalue weighted by molar-refractivity contribution is 4.96. The Morgan fingerprint density at radius 3 is 2.47 bits per heavy atom. The van der Waals surface area contributed by atoms with Crippen molar-refractivity contribution in [3.05, 3.63) is 11.6 Å². The topological polar surface area (TPSA) is 46.0 Å². The van der Waals surface area contributed by atoms with Crippen LogP contribution in [0.3, 0.4) is 0 Å². The summed E-state index contributed by atoms with van der Waals surface area (Å²) in [5.41, 5.74) is 0. The van der Waals surface area contributed by atoms with E-state index in [9.17, 15) is 0 Å². The van der Waals surface area contributed by atoms with Crippen LogP contribution in [0.1, 0.15) is 25.5 Å². The van der Waals surface area contributed by atoms with E-state index in [-0.39, 0.29) is 0 Å². The Morgan fingerprint density at radius 1 is 1.18 bits per heavy atom. The van der Waals surface area contributed by atoms with Crippen molar-refractivity contribution in [2.75, 3.05) is 26.2 Å². The average Bonchev–Trinajstić information content (AvgIpc) is 2.62. The first kappa shape index (κ1) is 12.5. The molecule has 0 radical (unpaired) electrons. The Balaban J connectivity index is 1.98. The first-order chi connectivity index (χ1) is 8.16. The van der Waals surface area contributed by atoms with Crippen LogP contribution in [0, 0.1) is 5.92 Å². The monoisotopic (exact) mass is 237 g/mol. The molecule has 0 amide bonds. The number of hydrogen-bond donors (Lipinski definition) is 1. The zero-order valence-electron chi connectivity index (χ0n) is 11.1. The van der Waals surface area contributed by atoms with E-state index in [0.29, 0.717) is 5.92 Å². The smallest absolute Gasteiger partial charge is 0.146 e. The van der Waals surface area contributed by atoms with Crippen molar-refractivity contribution in [1.29, 1.82) is 0 Å². The molecule has 1 aromatic heterocycles. The third-order valence-electron chi connectivity index (χ3n) is 3.22. The summed E-state index contributed by atoms with van der Waals surface area (Å²) in [6.07, 6.45) is 1.01. The van der Waals surface area contributed by atoms with Gasteiger partial charge in [0.05, 0.1) is 6.54 Å². The molecule has 5 heteroatoms. The van der Waals surface area contributed by atoms with Gasteiger partial charge in [-0.15, -0.1) is 10.2 Å². The molecular weight excluding hydrogens is 214 g/mol. The van der Waals surface area contributed by atoms with Gasteiger partial charge < -0.3 is 9.88 Å². The molecule has 2 rings (SSSR count). The van der Waals surface area contributed by atoms with E-state index in [4.69, 9.17) is 0 Å². The Hall–Kier alpha value is -0.940. The highest BCUT2D eigenvalue weighted by atomic mass is 15.3. The summed E-state index contributed by atoms with van der Waals surface area (Å²) in [5, 5.41) is 12.0. The zero-order chi connectivity index (χ0) is 12.3. The average molecular weight is 237 g/mol. The molecule has 0 saturated carbocycles. The Morgan fingerprint density at radius 2 is 1.82 bits per heavy atom. The van der Waals surface area contributed by atoms with Crippen molar-refractivity contribution in [3.63, 3.8) is 0 Å². The van der Waals surface area contributed by atoms with E-state index in [1.807, 2.05) is 0 Å². The van der Waals surface area contributed by atoms with Crippen molar-refractivity contribution in [2.24, 2.45) is 13.0 Å². The number of aromatic nitrogens is 3. The number of nitrogens with one attached hydrogen (secondary N) is 1. The molecule has 1 aromatic rings. The first-order valence-corrected chi connectivity index (χ1v) is 6.47. The fourth-order valence-electron chi connectivity index (χ4n) is 2.15. The lowest BCUT2D eigenvalue weighted by atomic mass is 10.1. The SMILES string of the molecule is CC(C)Cc1nnc(CN2CCNCC2)n1C. The van der Waals surface area contributed by atoms with Crippen LogP contribution < -0.4 is 5.32 Å². The molecule has 0 spiro atoms. The molecule has 0 aliphatic carbocycles. The van der Waals surface area contributed by atoms with Crippen LogP contribution in [0.25, 0.3) is 0 Å².